The van der Waals surface area contributed by atoms with Gasteiger partial charge >= 0.3 is 10.1 Å². The van der Waals surface area contributed by atoms with E-state index < -0.39 is 10.1 Å². The fraction of sp³-hybridized carbons (Fsp3) is 0.533. The molecule has 4 nitrogen and oxygen atoms in total. The van der Waals surface area contributed by atoms with Gasteiger partial charge in [0.25, 0.3) is 0 Å². The smallest absolute Gasteiger partial charge is 0.264 e. The van der Waals surface area contributed by atoms with Crippen molar-refractivity contribution in [2.75, 3.05) is 0 Å². The summed E-state index contributed by atoms with van der Waals surface area (Å²) in [5.41, 5.74) is 1.00. The van der Waals surface area contributed by atoms with Crippen molar-refractivity contribution >= 4 is 26.9 Å². The zero-order chi connectivity index (χ0) is 15.3. The molecule has 6 heteroatoms. The Labute approximate surface area is 131 Å². The Morgan fingerprint density at radius 2 is 1.81 bits per heavy atom. The predicted octanol–water partition coefficient (Wildman–Crippen LogP) is 4.10. The SMILES string of the molecule is CC(=NOS(=O)(=O)c1ccc(C)cc1)SC1CCCCC1. The Morgan fingerprint density at radius 3 is 2.43 bits per heavy atom. The molecule has 1 aliphatic carbocycles. The highest BCUT2D eigenvalue weighted by molar-refractivity contribution is 8.14. The molecule has 1 aliphatic rings. The highest BCUT2D eigenvalue weighted by Crippen LogP contribution is 2.29. The number of hydrogen-bond donors (Lipinski definition) is 0. The molecule has 0 aliphatic heterocycles. The Hall–Kier alpha value is -1.01. The van der Waals surface area contributed by atoms with E-state index in [0.29, 0.717) is 10.3 Å². The largest absolute Gasteiger partial charge is 0.358 e. The van der Waals surface area contributed by atoms with Crippen LogP contribution in [0.15, 0.2) is 34.3 Å². The predicted molar refractivity (Wildman–Crippen MR) is 87.0 cm³/mol. The number of hydrogen-bond acceptors (Lipinski definition) is 5. The van der Waals surface area contributed by atoms with Gasteiger partial charge in [-0.15, -0.1) is 11.8 Å². The summed E-state index contributed by atoms with van der Waals surface area (Å²) in [6, 6.07) is 6.54. The van der Waals surface area contributed by atoms with Gasteiger partial charge in [-0.25, -0.2) is 0 Å². The van der Waals surface area contributed by atoms with Crippen LogP contribution in [0.4, 0.5) is 0 Å². The van der Waals surface area contributed by atoms with E-state index in [1.54, 1.807) is 30.8 Å². The van der Waals surface area contributed by atoms with Crippen molar-refractivity contribution in [1.29, 1.82) is 0 Å². The molecule has 2 rings (SSSR count). The van der Waals surface area contributed by atoms with Gasteiger partial charge in [-0.3, -0.25) is 4.28 Å². The lowest BCUT2D eigenvalue weighted by Gasteiger charge is -2.20. The van der Waals surface area contributed by atoms with E-state index in [1.807, 2.05) is 6.92 Å². The van der Waals surface area contributed by atoms with Crippen LogP contribution in [-0.2, 0) is 14.4 Å². The molecule has 0 unspecified atom stereocenters. The lowest BCUT2D eigenvalue weighted by Crippen LogP contribution is -2.10. The first-order valence-electron chi connectivity index (χ1n) is 7.19. The van der Waals surface area contributed by atoms with Crippen molar-refractivity contribution < 1.29 is 12.7 Å². The van der Waals surface area contributed by atoms with Crippen LogP contribution in [0.3, 0.4) is 0 Å². The molecule has 0 heterocycles. The number of nitrogens with zero attached hydrogens (tertiary/aromatic N) is 1. The van der Waals surface area contributed by atoms with Gasteiger partial charge in [-0.1, -0.05) is 42.1 Å². The first-order valence-corrected chi connectivity index (χ1v) is 9.48. The minimum absolute atomic E-state index is 0.132. The molecule has 1 aromatic carbocycles. The summed E-state index contributed by atoms with van der Waals surface area (Å²) in [7, 11) is -3.81. The van der Waals surface area contributed by atoms with Crippen molar-refractivity contribution in [2.24, 2.45) is 5.16 Å². The van der Waals surface area contributed by atoms with E-state index >= 15 is 0 Å². The van der Waals surface area contributed by atoms with Crippen LogP contribution in [-0.4, -0.2) is 18.7 Å². The maximum Gasteiger partial charge on any atom is 0.358 e. The molecule has 0 spiro atoms. The van der Waals surface area contributed by atoms with Crippen LogP contribution in [0, 0.1) is 6.92 Å². The first-order chi connectivity index (χ1) is 9.97. The minimum Gasteiger partial charge on any atom is -0.264 e. The topological polar surface area (TPSA) is 55.7 Å². The highest BCUT2D eigenvalue weighted by Gasteiger charge is 2.18. The van der Waals surface area contributed by atoms with Gasteiger partial charge in [0.1, 0.15) is 9.94 Å². The van der Waals surface area contributed by atoms with Gasteiger partial charge in [-0.05, 0) is 38.8 Å². The van der Waals surface area contributed by atoms with Crippen molar-refractivity contribution in [1.82, 2.24) is 0 Å². The maximum atomic E-state index is 12.0. The van der Waals surface area contributed by atoms with Crippen molar-refractivity contribution in [3.63, 3.8) is 0 Å². The third-order valence-electron chi connectivity index (χ3n) is 3.46. The Bertz CT molecular complexity index is 588. The molecule has 0 N–H and O–H groups in total. The lowest BCUT2D eigenvalue weighted by atomic mass is 10.0. The molecule has 1 aromatic rings. The summed E-state index contributed by atoms with van der Waals surface area (Å²) in [6.45, 7) is 3.70. The maximum absolute atomic E-state index is 12.0. The van der Waals surface area contributed by atoms with Crippen LogP contribution < -0.4 is 0 Å². The van der Waals surface area contributed by atoms with E-state index in [1.165, 1.54) is 44.2 Å². The molecule has 0 saturated heterocycles. The molecule has 0 amide bonds. The number of thioether (sulfide) groups is 1. The zero-order valence-corrected chi connectivity index (χ0v) is 14.0. The number of benzene rings is 1. The molecule has 1 saturated carbocycles. The van der Waals surface area contributed by atoms with E-state index in [-0.39, 0.29) is 4.90 Å². The standard InChI is InChI=1S/C15H21NO3S2/c1-12-8-10-15(11-9-12)21(17,18)19-16-13(2)20-14-6-4-3-5-7-14/h8-11,14H,3-7H2,1-2H3. The van der Waals surface area contributed by atoms with E-state index in [4.69, 9.17) is 4.28 Å². The Balaban J connectivity index is 1.96. The molecular weight excluding hydrogens is 306 g/mol. The molecule has 0 aromatic heterocycles. The molecule has 21 heavy (non-hydrogen) atoms. The summed E-state index contributed by atoms with van der Waals surface area (Å²) in [5.74, 6) is 0. The zero-order valence-electron chi connectivity index (χ0n) is 12.4. The van der Waals surface area contributed by atoms with Crippen LogP contribution in [0.2, 0.25) is 0 Å². The third-order valence-corrected chi connectivity index (χ3v) is 5.80. The van der Waals surface area contributed by atoms with Gasteiger partial charge in [-0.2, -0.15) is 8.42 Å². The molecular formula is C15H21NO3S2. The van der Waals surface area contributed by atoms with E-state index in [2.05, 4.69) is 5.16 Å². The number of oxime groups is 1. The second kappa shape index (κ2) is 7.31. The Kier molecular flexibility index (Phi) is 5.70. The monoisotopic (exact) mass is 327 g/mol. The fourth-order valence-electron chi connectivity index (χ4n) is 2.30. The quantitative estimate of drug-likeness (QED) is 0.474. The van der Waals surface area contributed by atoms with Crippen LogP contribution in [0.5, 0.6) is 0 Å². The van der Waals surface area contributed by atoms with Gasteiger partial charge < -0.3 is 0 Å². The highest BCUT2D eigenvalue weighted by atomic mass is 32.2. The van der Waals surface area contributed by atoms with E-state index in [0.717, 1.165) is 5.56 Å². The molecule has 116 valence electrons. The van der Waals surface area contributed by atoms with Gasteiger partial charge in [0.2, 0.25) is 0 Å². The third kappa shape index (κ3) is 5.04. The summed E-state index contributed by atoms with van der Waals surface area (Å²) >= 11 is 1.62. The Morgan fingerprint density at radius 1 is 1.19 bits per heavy atom. The van der Waals surface area contributed by atoms with Crippen LogP contribution in [0.1, 0.15) is 44.6 Å². The normalized spacial score (nSPS) is 17.7. The van der Waals surface area contributed by atoms with Crippen molar-refractivity contribution in [3.05, 3.63) is 29.8 Å². The van der Waals surface area contributed by atoms with E-state index in [9.17, 15) is 8.42 Å². The second-order valence-corrected chi connectivity index (χ2v) is 8.35. The average molecular weight is 327 g/mol. The lowest BCUT2D eigenvalue weighted by molar-refractivity contribution is 0.340. The van der Waals surface area contributed by atoms with Crippen LogP contribution >= 0.6 is 11.8 Å². The molecule has 0 radical (unpaired) electrons. The van der Waals surface area contributed by atoms with Gasteiger partial charge in [0.05, 0.1) is 0 Å². The molecule has 0 atom stereocenters. The first kappa shape index (κ1) is 16.4. The number of rotatable bonds is 4. The summed E-state index contributed by atoms with van der Waals surface area (Å²) in [5, 5.41) is 4.98. The van der Waals surface area contributed by atoms with Gasteiger partial charge in [0.15, 0.2) is 0 Å². The summed E-state index contributed by atoms with van der Waals surface area (Å²) in [4.78, 5) is 0.132. The molecule has 1 fully saturated rings. The number of aryl methyl sites for hydroxylation is 1. The van der Waals surface area contributed by atoms with Crippen molar-refractivity contribution in [2.45, 2.75) is 56.1 Å². The fourth-order valence-corrected chi connectivity index (χ4v) is 4.24. The second-order valence-electron chi connectivity index (χ2n) is 5.33. The molecule has 0 bridgehead atoms. The summed E-state index contributed by atoms with van der Waals surface area (Å²) < 4.78 is 28.8. The van der Waals surface area contributed by atoms with Crippen LogP contribution in [0.25, 0.3) is 0 Å². The van der Waals surface area contributed by atoms with Crippen molar-refractivity contribution in [3.8, 4) is 0 Å². The average Bonchev–Trinajstić information content (AvgIpc) is 2.47. The van der Waals surface area contributed by atoms with Gasteiger partial charge in [0, 0.05) is 5.25 Å². The minimum atomic E-state index is -3.81. The summed E-state index contributed by atoms with van der Waals surface area (Å²) in [6.07, 6.45) is 6.12.